The van der Waals surface area contributed by atoms with Crippen LogP contribution in [0, 0.1) is 5.92 Å². The summed E-state index contributed by atoms with van der Waals surface area (Å²) in [7, 11) is -1.94. The Hall–Kier alpha value is -1.67. The van der Waals surface area contributed by atoms with Gasteiger partial charge in [0.1, 0.15) is 17.7 Å². The first kappa shape index (κ1) is 11.8. The van der Waals surface area contributed by atoms with Gasteiger partial charge in [-0.3, -0.25) is 4.79 Å². The van der Waals surface area contributed by atoms with Gasteiger partial charge in [0, 0.05) is 12.3 Å². The zero-order chi connectivity index (χ0) is 12.4. The second-order valence-electron chi connectivity index (χ2n) is 3.67. The van der Waals surface area contributed by atoms with Gasteiger partial charge in [0.05, 0.1) is 5.92 Å². The van der Waals surface area contributed by atoms with Crippen LogP contribution in [0.4, 0.5) is 10.2 Å². The Morgan fingerprint density at radius 1 is 1.65 bits per heavy atom. The number of rotatable bonds is 4. The monoisotopic (exact) mass is 240 g/mol. The molecule has 0 aromatic carbocycles. The van der Waals surface area contributed by atoms with E-state index in [1.54, 1.807) is 0 Å². The second-order valence-corrected chi connectivity index (χ2v) is 3.67. The number of nitrogens with zero attached hydrogens (tertiary/aromatic N) is 1. The van der Waals surface area contributed by atoms with Crippen molar-refractivity contribution in [3.05, 3.63) is 18.3 Å². The van der Waals surface area contributed by atoms with Gasteiger partial charge in [0.25, 0.3) is 0 Å². The van der Waals surface area contributed by atoms with E-state index < -0.39 is 25.3 Å². The summed E-state index contributed by atoms with van der Waals surface area (Å²) < 4.78 is 17.2. The zero-order valence-corrected chi connectivity index (χ0v) is 8.71. The normalized spacial score (nSPS) is 21.8. The van der Waals surface area contributed by atoms with Crippen LogP contribution in [0.3, 0.4) is 0 Å². The largest absolute Gasteiger partial charge is 0.707 e. The molecule has 1 aromatic heterocycles. The number of carbonyl (C=O) groups excluding carboxylic acids is 1. The Labute approximate surface area is 96.6 Å². The fourth-order valence-electron chi connectivity index (χ4n) is 1.33. The maximum Gasteiger partial charge on any atom is 0.707 e. The van der Waals surface area contributed by atoms with Crippen LogP contribution >= 0.6 is 0 Å². The van der Waals surface area contributed by atoms with E-state index in [1.165, 1.54) is 18.3 Å². The molecule has 6 nitrogen and oxygen atoms in total. The quantitative estimate of drug-likeness (QED) is 0.630. The summed E-state index contributed by atoms with van der Waals surface area (Å²) in [5.74, 6) is -0.735. The number of hydrogen-bond acceptors (Lipinski definition) is 5. The Kier molecular flexibility index (Phi) is 3.25. The molecule has 0 saturated heterocycles. The van der Waals surface area contributed by atoms with Gasteiger partial charge in [-0.2, -0.15) is 0 Å². The third-order valence-electron chi connectivity index (χ3n) is 2.27. The summed E-state index contributed by atoms with van der Waals surface area (Å²) in [6.45, 7) is 0. The van der Waals surface area contributed by atoms with Crippen molar-refractivity contribution in [3.8, 4) is 5.75 Å². The summed E-state index contributed by atoms with van der Waals surface area (Å²) in [5, 5.41) is 19.6. The van der Waals surface area contributed by atoms with Gasteiger partial charge in [-0.15, -0.1) is 0 Å². The van der Waals surface area contributed by atoms with E-state index in [4.69, 9.17) is 10.0 Å². The average molecular weight is 240 g/mol. The third-order valence-corrected chi connectivity index (χ3v) is 2.27. The van der Waals surface area contributed by atoms with Gasteiger partial charge in [-0.1, -0.05) is 0 Å². The number of carbonyl (C=O) groups is 1. The third kappa shape index (κ3) is 3.14. The number of alkyl halides is 1. The SMILES string of the molecule is O=C(Nc1cc(OB(O)O)ccn1)[C@H]1C[C@H]1F. The summed E-state index contributed by atoms with van der Waals surface area (Å²) in [4.78, 5) is 15.2. The van der Waals surface area contributed by atoms with Crippen molar-refractivity contribution in [1.82, 2.24) is 4.98 Å². The minimum atomic E-state index is -1.94. The van der Waals surface area contributed by atoms with Gasteiger partial charge in [0.15, 0.2) is 0 Å². The number of aromatic nitrogens is 1. The molecule has 1 heterocycles. The van der Waals surface area contributed by atoms with Crippen LogP contribution in [0.15, 0.2) is 18.3 Å². The van der Waals surface area contributed by atoms with Gasteiger partial charge in [-0.05, 0) is 12.5 Å². The summed E-state index contributed by atoms with van der Waals surface area (Å²) in [6, 6.07) is 2.71. The van der Waals surface area contributed by atoms with E-state index in [0.29, 0.717) is 0 Å². The molecule has 0 unspecified atom stereocenters. The molecule has 1 fully saturated rings. The zero-order valence-electron chi connectivity index (χ0n) is 8.71. The number of pyridine rings is 1. The molecule has 1 aliphatic carbocycles. The van der Waals surface area contributed by atoms with Crippen LogP contribution < -0.4 is 9.97 Å². The van der Waals surface area contributed by atoms with Crippen LogP contribution in [-0.4, -0.2) is 34.4 Å². The first-order valence-corrected chi connectivity index (χ1v) is 5.00. The Morgan fingerprint density at radius 2 is 2.35 bits per heavy atom. The Morgan fingerprint density at radius 3 is 2.94 bits per heavy atom. The lowest BCUT2D eigenvalue weighted by Crippen LogP contribution is -2.21. The number of amides is 1. The van der Waals surface area contributed by atoms with Crippen LogP contribution in [0.1, 0.15) is 6.42 Å². The molecule has 0 bridgehead atoms. The molecule has 1 saturated carbocycles. The minimum absolute atomic E-state index is 0.137. The maximum atomic E-state index is 12.6. The van der Waals surface area contributed by atoms with Crippen molar-refractivity contribution in [2.45, 2.75) is 12.6 Å². The topological polar surface area (TPSA) is 91.7 Å². The molecule has 2 atom stereocenters. The first-order chi connectivity index (χ1) is 8.06. The molecule has 90 valence electrons. The molecular formula is C9H10BFN2O4. The van der Waals surface area contributed by atoms with Crippen molar-refractivity contribution in [2.75, 3.05) is 5.32 Å². The van der Waals surface area contributed by atoms with Crippen LogP contribution in [-0.2, 0) is 4.79 Å². The summed E-state index contributed by atoms with van der Waals surface area (Å²) in [6.07, 6.45) is 0.485. The van der Waals surface area contributed by atoms with E-state index in [2.05, 4.69) is 15.0 Å². The van der Waals surface area contributed by atoms with E-state index >= 15 is 0 Å². The van der Waals surface area contributed by atoms with Gasteiger partial charge < -0.3 is 20.0 Å². The Balaban J connectivity index is 1.98. The number of anilines is 1. The predicted molar refractivity (Wildman–Crippen MR) is 56.7 cm³/mol. The lowest BCUT2D eigenvalue weighted by molar-refractivity contribution is -0.117. The van der Waals surface area contributed by atoms with Crippen molar-refractivity contribution in [3.63, 3.8) is 0 Å². The van der Waals surface area contributed by atoms with Crippen molar-refractivity contribution in [1.29, 1.82) is 0 Å². The average Bonchev–Trinajstić information content (AvgIpc) is 2.95. The highest BCUT2D eigenvalue weighted by Gasteiger charge is 2.43. The number of hydrogen-bond donors (Lipinski definition) is 3. The highest BCUT2D eigenvalue weighted by atomic mass is 19.1. The molecule has 8 heteroatoms. The smallest absolute Gasteiger partial charge is 0.512 e. The minimum Gasteiger partial charge on any atom is -0.512 e. The number of halogens is 1. The van der Waals surface area contributed by atoms with E-state index in [1.807, 2.05) is 0 Å². The van der Waals surface area contributed by atoms with Gasteiger partial charge in [-0.25, -0.2) is 9.37 Å². The van der Waals surface area contributed by atoms with Crippen molar-refractivity contribution >= 4 is 19.0 Å². The molecule has 1 aromatic rings. The molecule has 0 aliphatic heterocycles. The molecule has 0 radical (unpaired) electrons. The fraction of sp³-hybridized carbons (Fsp3) is 0.333. The molecule has 0 spiro atoms. The van der Waals surface area contributed by atoms with Gasteiger partial charge in [0.2, 0.25) is 5.91 Å². The van der Waals surface area contributed by atoms with E-state index in [0.717, 1.165) is 0 Å². The van der Waals surface area contributed by atoms with Crippen molar-refractivity contribution < 1.29 is 23.9 Å². The van der Waals surface area contributed by atoms with Crippen LogP contribution in [0.2, 0.25) is 0 Å². The first-order valence-electron chi connectivity index (χ1n) is 5.00. The van der Waals surface area contributed by atoms with Crippen molar-refractivity contribution in [2.24, 2.45) is 5.92 Å². The maximum absolute atomic E-state index is 12.6. The summed E-state index contributed by atoms with van der Waals surface area (Å²) in [5.41, 5.74) is 0. The fourth-order valence-corrected chi connectivity index (χ4v) is 1.33. The molecule has 1 amide bonds. The highest BCUT2D eigenvalue weighted by Crippen LogP contribution is 2.34. The lowest BCUT2D eigenvalue weighted by atomic mass is 10.2. The highest BCUT2D eigenvalue weighted by molar-refractivity contribution is 6.33. The number of nitrogens with one attached hydrogen (secondary N) is 1. The second kappa shape index (κ2) is 4.68. The Bertz CT molecular complexity index is 431. The molecule has 17 heavy (non-hydrogen) atoms. The molecule has 2 rings (SSSR count). The molecular weight excluding hydrogens is 230 g/mol. The molecule has 1 aliphatic rings. The van der Waals surface area contributed by atoms with Crippen LogP contribution in [0.5, 0.6) is 5.75 Å². The molecule has 3 N–H and O–H groups in total. The van der Waals surface area contributed by atoms with Crippen LogP contribution in [0.25, 0.3) is 0 Å². The lowest BCUT2D eigenvalue weighted by Gasteiger charge is -2.07. The van der Waals surface area contributed by atoms with Gasteiger partial charge >= 0.3 is 7.32 Å². The predicted octanol–water partition coefficient (Wildman–Crippen LogP) is -0.274. The standard InChI is InChI=1S/C9H10BFN2O4/c11-7-4-6(7)9(14)13-8-3-5(1-2-12-8)17-10(15)16/h1-3,6-7,15-16H,4H2,(H,12,13,14)/t6-,7+/m0/s1. The summed E-state index contributed by atoms with van der Waals surface area (Å²) >= 11 is 0. The van der Waals surface area contributed by atoms with E-state index in [-0.39, 0.29) is 18.0 Å². The van der Waals surface area contributed by atoms with E-state index in [9.17, 15) is 9.18 Å².